The molecule has 2 unspecified atom stereocenters. The molecule has 0 heterocycles. The van der Waals surface area contributed by atoms with Crippen molar-refractivity contribution >= 4 is 11.9 Å². The molecule has 1 amide bonds. The Balaban J connectivity index is 4.18. The van der Waals surface area contributed by atoms with Crippen LogP contribution in [0, 0.1) is 5.92 Å². The summed E-state index contributed by atoms with van der Waals surface area (Å²) >= 11 is 0. The summed E-state index contributed by atoms with van der Waals surface area (Å²) < 4.78 is 4.48. The highest BCUT2D eigenvalue weighted by Gasteiger charge is 2.23. The van der Waals surface area contributed by atoms with Crippen molar-refractivity contribution in [3.63, 3.8) is 0 Å². The molecule has 5 heteroatoms. The van der Waals surface area contributed by atoms with Crippen molar-refractivity contribution in [1.82, 2.24) is 5.32 Å². The van der Waals surface area contributed by atoms with E-state index in [1.165, 1.54) is 7.11 Å². The van der Waals surface area contributed by atoms with E-state index in [0.29, 0.717) is 0 Å². The van der Waals surface area contributed by atoms with Crippen molar-refractivity contribution in [3.8, 4) is 0 Å². The third-order valence-electron chi connectivity index (χ3n) is 2.47. The van der Waals surface area contributed by atoms with Crippen molar-refractivity contribution < 1.29 is 14.3 Å². The van der Waals surface area contributed by atoms with Crippen LogP contribution in [-0.2, 0) is 14.3 Å². The number of hydrogen-bond donors (Lipinski definition) is 2. The Hall–Kier alpha value is -1.10. The summed E-state index contributed by atoms with van der Waals surface area (Å²) in [6.45, 7) is 5.42. The summed E-state index contributed by atoms with van der Waals surface area (Å²) in [5.74, 6) is -0.697. The van der Waals surface area contributed by atoms with Gasteiger partial charge in [0.05, 0.1) is 13.2 Å². The predicted molar refractivity (Wildman–Crippen MR) is 57.1 cm³/mol. The van der Waals surface area contributed by atoms with Crippen LogP contribution < -0.4 is 11.1 Å². The molecule has 0 saturated heterocycles. The lowest BCUT2D eigenvalue weighted by Crippen LogP contribution is -2.49. The van der Waals surface area contributed by atoms with Gasteiger partial charge in [-0.15, -0.1) is 0 Å². The van der Waals surface area contributed by atoms with Crippen molar-refractivity contribution in [2.24, 2.45) is 11.7 Å². The van der Waals surface area contributed by atoms with Crippen LogP contribution in [0.25, 0.3) is 0 Å². The van der Waals surface area contributed by atoms with E-state index in [4.69, 9.17) is 5.73 Å². The van der Waals surface area contributed by atoms with Gasteiger partial charge in [-0.05, 0) is 12.8 Å². The van der Waals surface area contributed by atoms with Gasteiger partial charge >= 0.3 is 5.97 Å². The first-order chi connectivity index (χ1) is 6.93. The third kappa shape index (κ3) is 4.29. The van der Waals surface area contributed by atoms with Crippen LogP contribution >= 0.6 is 0 Å². The average molecular weight is 216 g/mol. The van der Waals surface area contributed by atoms with Gasteiger partial charge in [0.1, 0.15) is 6.04 Å². The largest absolute Gasteiger partial charge is 0.467 e. The molecule has 0 aliphatic rings. The Morgan fingerprint density at radius 3 is 2.33 bits per heavy atom. The Kier molecular flexibility index (Phi) is 5.93. The Labute approximate surface area is 90.4 Å². The lowest BCUT2D eigenvalue weighted by atomic mass is 9.99. The number of carbonyl (C=O) groups excluding carboxylic acids is 2. The molecule has 0 aliphatic heterocycles. The van der Waals surface area contributed by atoms with Crippen LogP contribution in [0.3, 0.4) is 0 Å². The molecule has 3 N–H and O–H groups in total. The van der Waals surface area contributed by atoms with Crippen LogP contribution in [-0.4, -0.2) is 31.1 Å². The standard InChI is InChI=1S/C10H20N2O3/c1-5-6(2)8(11)9(13)12-7(3)10(14)15-4/h6-8H,5,11H2,1-4H3,(H,12,13)/t6?,7-,8?/m0/s1. The number of hydrogen-bond acceptors (Lipinski definition) is 4. The van der Waals surface area contributed by atoms with Crippen molar-refractivity contribution in [3.05, 3.63) is 0 Å². The van der Waals surface area contributed by atoms with E-state index in [1.54, 1.807) is 6.92 Å². The van der Waals surface area contributed by atoms with Gasteiger partial charge in [-0.3, -0.25) is 4.79 Å². The Morgan fingerprint density at radius 2 is 1.93 bits per heavy atom. The Bertz CT molecular complexity index is 231. The molecule has 0 fully saturated rings. The van der Waals surface area contributed by atoms with Gasteiger partial charge in [0.15, 0.2) is 0 Å². The number of nitrogens with two attached hydrogens (primary N) is 1. The molecule has 0 spiro atoms. The highest BCUT2D eigenvalue weighted by molar-refractivity contribution is 5.87. The summed E-state index contributed by atoms with van der Waals surface area (Å²) in [5, 5.41) is 2.51. The number of carbonyl (C=O) groups is 2. The molecule has 0 aromatic carbocycles. The van der Waals surface area contributed by atoms with Crippen molar-refractivity contribution in [2.75, 3.05) is 7.11 Å². The number of methoxy groups -OCH3 is 1. The fourth-order valence-electron chi connectivity index (χ4n) is 1.06. The summed E-state index contributed by atoms with van der Waals surface area (Å²) in [4.78, 5) is 22.6. The van der Waals surface area contributed by atoms with Gasteiger partial charge in [0, 0.05) is 0 Å². The van der Waals surface area contributed by atoms with Gasteiger partial charge in [-0.25, -0.2) is 4.79 Å². The molecule has 0 rings (SSSR count). The molecule has 88 valence electrons. The van der Waals surface area contributed by atoms with E-state index >= 15 is 0 Å². The minimum atomic E-state index is -0.655. The van der Waals surface area contributed by atoms with Gasteiger partial charge in [0.2, 0.25) is 5.91 Å². The second-order valence-electron chi connectivity index (χ2n) is 3.66. The quantitative estimate of drug-likeness (QED) is 0.636. The van der Waals surface area contributed by atoms with Crippen LogP contribution in [0.15, 0.2) is 0 Å². The van der Waals surface area contributed by atoms with E-state index in [9.17, 15) is 9.59 Å². The first-order valence-electron chi connectivity index (χ1n) is 5.07. The van der Waals surface area contributed by atoms with Crippen LogP contribution in [0.4, 0.5) is 0 Å². The summed E-state index contributed by atoms with van der Waals surface area (Å²) in [5.41, 5.74) is 5.70. The van der Waals surface area contributed by atoms with Crippen molar-refractivity contribution in [2.45, 2.75) is 39.3 Å². The monoisotopic (exact) mass is 216 g/mol. The maximum atomic E-state index is 11.5. The zero-order chi connectivity index (χ0) is 12.0. The number of amides is 1. The predicted octanol–water partition coefficient (Wildman–Crippen LogP) is 0.0375. The molecule has 3 atom stereocenters. The fourth-order valence-corrected chi connectivity index (χ4v) is 1.06. The molecule has 0 aliphatic carbocycles. The summed E-state index contributed by atoms with van der Waals surface area (Å²) in [6.07, 6.45) is 0.821. The topological polar surface area (TPSA) is 81.4 Å². The second-order valence-corrected chi connectivity index (χ2v) is 3.66. The minimum Gasteiger partial charge on any atom is -0.467 e. The lowest BCUT2D eigenvalue weighted by Gasteiger charge is -2.19. The molecule has 15 heavy (non-hydrogen) atoms. The summed E-state index contributed by atoms with van der Waals surface area (Å²) in [6, 6.07) is -1.24. The van der Waals surface area contributed by atoms with E-state index in [2.05, 4.69) is 10.1 Å². The van der Waals surface area contributed by atoms with Gasteiger partial charge < -0.3 is 15.8 Å². The molecule has 0 aromatic rings. The highest BCUT2D eigenvalue weighted by Crippen LogP contribution is 2.05. The zero-order valence-corrected chi connectivity index (χ0v) is 9.74. The normalized spacial score (nSPS) is 16.3. The second kappa shape index (κ2) is 6.40. The Morgan fingerprint density at radius 1 is 1.40 bits per heavy atom. The fraction of sp³-hybridized carbons (Fsp3) is 0.800. The minimum absolute atomic E-state index is 0.0925. The number of esters is 1. The maximum Gasteiger partial charge on any atom is 0.328 e. The van der Waals surface area contributed by atoms with E-state index in [1.807, 2.05) is 13.8 Å². The van der Waals surface area contributed by atoms with Crippen LogP contribution in [0.2, 0.25) is 0 Å². The number of nitrogens with one attached hydrogen (secondary N) is 1. The maximum absolute atomic E-state index is 11.5. The van der Waals surface area contributed by atoms with E-state index < -0.39 is 18.1 Å². The van der Waals surface area contributed by atoms with E-state index in [-0.39, 0.29) is 11.8 Å². The molecule has 5 nitrogen and oxygen atoms in total. The van der Waals surface area contributed by atoms with Crippen molar-refractivity contribution in [1.29, 1.82) is 0 Å². The molecule has 0 aromatic heterocycles. The molecule has 0 radical (unpaired) electrons. The van der Waals surface area contributed by atoms with Gasteiger partial charge in [-0.2, -0.15) is 0 Å². The first kappa shape index (κ1) is 13.9. The van der Waals surface area contributed by atoms with E-state index in [0.717, 1.165) is 6.42 Å². The molecular formula is C10H20N2O3. The van der Waals surface area contributed by atoms with Crippen LogP contribution in [0.1, 0.15) is 27.2 Å². The molecule has 0 bridgehead atoms. The highest BCUT2D eigenvalue weighted by atomic mass is 16.5. The average Bonchev–Trinajstić information content (AvgIpc) is 2.25. The number of ether oxygens (including phenoxy) is 1. The molecular weight excluding hydrogens is 196 g/mol. The van der Waals surface area contributed by atoms with Gasteiger partial charge in [0.25, 0.3) is 0 Å². The van der Waals surface area contributed by atoms with Gasteiger partial charge in [-0.1, -0.05) is 20.3 Å². The smallest absolute Gasteiger partial charge is 0.328 e. The van der Waals surface area contributed by atoms with Crippen LogP contribution in [0.5, 0.6) is 0 Å². The zero-order valence-electron chi connectivity index (χ0n) is 9.74. The summed E-state index contributed by atoms with van der Waals surface area (Å²) in [7, 11) is 1.28. The first-order valence-corrected chi connectivity index (χ1v) is 5.07. The lowest BCUT2D eigenvalue weighted by molar-refractivity contribution is -0.144. The molecule has 0 saturated carbocycles. The third-order valence-corrected chi connectivity index (χ3v) is 2.47. The SMILES string of the molecule is CCC(C)C(N)C(=O)N[C@@H](C)C(=O)OC. The number of rotatable bonds is 5.